The summed E-state index contributed by atoms with van der Waals surface area (Å²) in [6, 6.07) is 14.2. The molecule has 5 rings (SSSR count). The molecule has 2 aromatic carbocycles. The topological polar surface area (TPSA) is 75.5 Å². The molecule has 0 bridgehead atoms. The highest BCUT2D eigenvalue weighted by Gasteiger charge is 2.28. The van der Waals surface area contributed by atoms with Crippen LogP contribution in [0, 0.1) is 5.82 Å². The van der Waals surface area contributed by atoms with Crippen LogP contribution in [0.25, 0.3) is 5.69 Å². The van der Waals surface area contributed by atoms with Gasteiger partial charge in [0.05, 0.1) is 10.6 Å². The first kappa shape index (κ1) is 22.7. The summed E-state index contributed by atoms with van der Waals surface area (Å²) in [6.45, 7) is 1.83. The van der Waals surface area contributed by atoms with Crippen molar-refractivity contribution in [1.29, 1.82) is 0 Å². The lowest BCUT2D eigenvalue weighted by atomic mass is 9.92. The molecule has 34 heavy (non-hydrogen) atoms. The zero-order valence-electron chi connectivity index (χ0n) is 18.9. The average Bonchev–Trinajstić information content (AvgIpc) is 3.12. The molecular weight excluding hydrogens is 455 g/mol. The summed E-state index contributed by atoms with van der Waals surface area (Å²) in [7, 11) is -3.59. The smallest absolute Gasteiger partial charge is 0.271 e. The average molecular weight is 483 g/mol. The van der Waals surface area contributed by atoms with Crippen molar-refractivity contribution in [2.75, 3.05) is 31.1 Å². The molecule has 1 aliphatic heterocycles. The second-order valence-corrected chi connectivity index (χ2v) is 10.7. The van der Waals surface area contributed by atoms with Crippen molar-refractivity contribution >= 4 is 15.8 Å². The SMILES string of the molecule is O=c1ccc(N2CCCN(S(=O)(=O)c3ccc4c(c3)CCCC4)CC2)nn1-c1ccc(F)cc1. The molecule has 3 aromatic rings. The van der Waals surface area contributed by atoms with E-state index in [2.05, 4.69) is 5.10 Å². The largest absolute Gasteiger partial charge is 0.354 e. The van der Waals surface area contributed by atoms with Crippen LogP contribution in [0.1, 0.15) is 30.4 Å². The molecule has 0 saturated carbocycles. The van der Waals surface area contributed by atoms with Crippen LogP contribution in [-0.4, -0.2) is 48.7 Å². The summed E-state index contributed by atoms with van der Waals surface area (Å²) in [6.07, 6.45) is 4.84. The van der Waals surface area contributed by atoms with Gasteiger partial charge in [0.1, 0.15) is 11.6 Å². The number of nitrogens with zero attached hydrogens (tertiary/aromatic N) is 4. The van der Waals surface area contributed by atoms with Gasteiger partial charge in [-0.1, -0.05) is 6.07 Å². The van der Waals surface area contributed by atoms with Crippen LogP contribution in [-0.2, 0) is 22.9 Å². The first-order chi connectivity index (χ1) is 16.4. The third-order valence-corrected chi connectivity index (χ3v) is 8.49. The standard InChI is InChI=1S/C25H27FN4O3S/c26-21-7-9-22(10-8-21)30-25(31)13-12-24(27-30)28-14-3-15-29(17-16-28)34(32,33)23-11-6-19-4-1-2-5-20(19)18-23/h6-13,18H,1-5,14-17H2. The Morgan fingerprint density at radius 3 is 2.35 bits per heavy atom. The molecule has 0 radical (unpaired) electrons. The molecule has 1 saturated heterocycles. The van der Waals surface area contributed by atoms with Crippen molar-refractivity contribution in [3.8, 4) is 5.69 Å². The van der Waals surface area contributed by atoms with Crippen LogP contribution in [0.4, 0.5) is 10.2 Å². The summed E-state index contributed by atoms with van der Waals surface area (Å²) in [5.74, 6) is 0.192. The van der Waals surface area contributed by atoms with Gasteiger partial charge < -0.3 is 4.90 Å². The van der Waals surface area contributed by atoms with Crippen molar-refractivity contribution in [3.05, 3.63) is 81.9 Å². The lowest BCUT2D eigenvalue weighted by molar-refractivity contribution is 0.433. The Balaban J connectivity index is 1.35. The first-order valence-electron chi connectivity index (χ1n) is 11.6. The lowest BCUT2D eigenvalue weighted by Crippen LogP contribution is -2.36. The van der Waals surface area contributed by atoms with Crippen LogP contribution in [0.5, 0.6) is 0 Å². The van der Waals surface area contributed by atoms with Gasteiger partial charge in [-0.3, -0.25) is 4.79 Å². The molecule has 0 spiro atoms. The molecule has 9 heteroatoms. The van der Waals surface area contributed by atoms with Gasteiger partial charge in [0.15, 0.2) is 0 Å². The lowest BCUT2D eigenvalue weighted by Gasteiger charge is -2.23. The first-order valence-corrected chi connectivity index (χ1v) is 13.1. The highest BCUT2D eigenvalue weighted by Crippen LogP contribution is 2.26. The minimum absolute atomic E-state index is 0.318. The number of sulfonamides is 1. The van der Waals surface area contributed by atoms with Crippen LogP contribution < -0.4 is 10.5 Å². The van der Waals surface area contributed by atoms with E-state index in [4.69, 9.17) is 0 Å². The summed E-state index contributed by atoms with van der Waals surface area (Å²) >= 11 is 0. The minimum atomic E-state index is -3.59. The Morgan fingerprint density at radius 1 is 0.794 bits per heavy atom. The molecule has 1 aliphatic carbocycles. The number of aromatic nitrogens is 2. The van der Waals surface area contributed by atoms with Gasteiger partial charge >= 0.3 is 0 Å². The maximum Gasteiger partial charge on any atom is 0.271 e. The molecule has 0 N–H and O–H groups in total. The zero-order valence-corrected chi connectivity index (χ0v) is 19.7. The Labute approximate surface area is 198 Å². The number of aryl methyl sites for hydroxylation is 2. The monoisotopic (exact) mass is 482 g/mol. The maximum atomic E-state index is 13.4. The normalized spacial score (nSPS) is 17.3. The highest BCUT2D eigenvalue weighted by molar-refractivity contribution is 7.89. The molecule has 7 nitrogen and oxygen atoms in total. The predicted molar refractivity (Wildman–Crippen MR) is 128 cm³/mol. The number of anilines is 1. The van der Waals surface area contributed by atoms with Crippen LogP contribution >= 0.6 is 0 Å². The predicted octanol–water partition coefficient (Wildman–Crippen LogP) is 3.15. The molecule has 1 aromatic heterocycles. The van der Waals surface area contributed by atoms with E-state index in [1.165, 1.54) is 40.6 Å². The quantitative estimate of drug-likeness (QED) is 0.571. The number of hydrogen-bond donors (Lipinski definition) is 0. The van der Waals surface area contributed by atoms with Gasteiger partial charge in [-0.2, -0.15) is 8.99 Å². The molecule has 2 aliphatic rings. The Morgan fingerprint density at radius 2 is 1.56 bits per heavy atom. The van der Waals surface area contributed by atoms with Crippen molar-refractivity contribution in [2.24, 2.45) is 0 Å². The summed E-state index contributed by atoms with van der Waals surface area (Å²) < 4.78 is 42.9. The fourth-order valence-corrected chi connectivity index (χ4v) is 6.24. The van der Waals surface area contributed by atoms with Gasteiger partial charge in [-0.15, -0.1) is 5.10 Å². The van der Waals surface area contributed by atoms with Gasteiger partial charge in [0.25, 0.3) is 5.56 Å². The zero-order chi connectivity index (χ0) is 23.7. The van der Waals surface area contributed by atoms with Gasteiger partial charge in [-0.25, -0.2) is 12.8 Å². The van der Waals surface area contributed by atoms with E-state index >= 15 is 0 Å². The van der Waals surface area contributed by atoms with Crippen LogP contribution in [0.3, 0.4) is 0 Å². The Bertz CT molecular complexity index is 1360. The van der Waals surface area contributed by atoms with Crippen molar-refractivity contribution in [1.82, 2.24) is 14.1 Å². The summed E-state index contributed by atoms with van der Waals surface area (Å²) in [4.78, 5) is 14.7. The van der Waals surface area contributed by atoms with E-state index in [-0.39, 0.29) is 11.4 Å². The van der Waals surface area contributed by atoms with Crippen LogP contribution in [0.15, 0.2) is 64.3 Å². The van der Waals surface area contributed by atoms with Gasteiger partial charge in [0.2, 0.25) is 10.0 Å². The molecule has 178 valence electrons. The fraction of sp³-hybridized carbons (Fsp3) is 0.360. The molecule has 1 fully saturated rings. The molecule has 0 unspecified atom stereocenters. The Kier molecular flexibility index (Phi) is 6.22. The second-order valence-electron chi connectivity index (χ2n) is 8.80. The van der Waals surface area contributed by atoms with Crippen LogP contribution in [0.2, 0.25) is 0 Å². The van der Waals surface area contributed by atoms with E-state index in [1.54, 1.807) is 16.4 Å². The van der Waals surface area contributed by atoms with E-state index in [9.17, 15) is 17.6 Å². The number of hydrogen-bond acceptors (Lipinski definition) is 5. The Hall–Kier alpha value is -3.04. The summed E-state index contributed by atoms with van der Waals surface area (Å²) in [5, 5.41) is 4.47. The molecule has 0 amide bonds. The minimum Gasteiger partial charge on any atom is -0.354 e. The summed E-state index contributed by atoms with van der Waals surface area (Å²) in [5.41, 5.74) is 2.56. The van der Waals surface area contributed by atoms with Crippen molar-refractivity contribution < 1.29 is 12.8 Å². The number of fused-ring (bicyclic) bond motifs is 1. The number of halogens is 1. The van der Waals surface area contributed by atoms with Gasteiger partial charge in [-0.05, 0) is 85.7 Å². The van der Waals surface area contributed by atoms with Gasteiger partial charge in [0, 0.05) is 32.2 Å². The fourth-order valence-electron chi connectivity index (χ4n) is 4.72. The van der Waals surface area contributed by atoms with E-state index in [0.29, 0.717) is 49.0 Å². The molecule has 0 atom stereocenters. The van der Waals surface area contributed by atoms with E-state index in [1.807, 2.05) is 17.0 Å². The van der Waals surface area contributed by atoms with Crippen molar-refractivity contribution in [3.63, 3.8) is 0 Å². The maximum absolute atomic E-state index is 13.4. The molecular formula is C25H27FN4O3S. The second kappa shape index (κ2) is 9.31. The highest BCUT2D eigenvalue weighted by atomic mass is 32.2. The van der Waals surface area contributed by atoms with E-state index in [0.717, 1.165) is 31.2 Å². The van der Waals surface area contributed by atoms with Crippen molar-refractivity contribution in [2.45, 2.75) is 37.0 Å². The number of benzene rings is 2. The van der Waals surface area contributed by atoms with E-state index < -0.39 is 10.0 Å². The molecule has 2 heterocycles. The number of rotatable bonds is 4. The third kappa shape index (κ3) is 4.50. The third-order valence-electron chi connectivity index (χ3n) is 6.59.